The van der Waals surface area contributed by atoms with Crippen LogP contribution in [0.5, 0.6) is 23.0 Å². The summed E-state index contributed by atoms with van der Waals surface area (Å²) >= 11 is 0. The predicted octanol–water partition coefficient (Wildman–Crippen LogP) is 5.66. The van der Waals surface area contributed by atoms with Crippen LogP contribution in [0.3, 0.4) is 0 Å². The van der Waals surface area contributed by atoms with Gasteiger partial charge in [0, 0.05) is 5.56 Å². The van der Waals surface area contributed by atoms with Crippen LogP contribution in [0.4, 0.5) is 0 Å². The molecule has 0 aromatic heterocycles. The minimum atomic E-state index is -0.571. The summed E-state index contributed by atoms with van der Waals surface area (Å²) in [6.07, 6.45) is 1.48. The molecule has 1 amide bonds. The van der Waals surface area contributed by atoms with Crippen LogP contribution >= 0.6 is 0 Å². The second-order valence-corrected chi connectivity index (χ2v) is 8.23. The number of hydrazone groups is 1. The van der Waals surface area contributed by atoms with Crippen molar-refractivity contribution in [3.63, 3.8) is 0 Å². The zero-order valence-corrected chi connectivity index (χ0v) is 21.6. The van der Waals surface area contributed by atoms with Crippen molar-refractivity contribution < 1.29 is 28.5 Å². The molecule has 4 aromatic rings. The average Bonchev–Trinajstić information content (AvgIpc) is 2.98. The van der Waals surface area contributed by atoms with Crippen molar-refractivity contribution in [3.8, 4) is 23.0 Å². The second-order valence-electron chi connectivity index (χ2n) is 8.23. The molecule has 0 fully saturated rings. The molecule has 198 valence electrons. The lowest BCUT2D eigenvalue weighted by Gasteiger charge is -2.12. The maximum atomic E-state index is 12.7. The van der Waals surface area contributed by atoms with Gasteiger partial charge in [-0.3, -0.25) is 4.79 Å². The first-order valence-electron chi connectivity index (χ1n) is 12.3. The number of rotatable bonds is 11. The Morgan fingerprint density at radius 1 is 0.821 bits per heavy atom. The number of benzene rings is 4. The number of nitrogens with one attached hydrogen (secondary N) is 1. The van der Waals surface area contributed by atoms with E-state index >= 15 is 0 Å². The highest BCUT2D eigenvalue weighted by atomic mass is 16.6. The number of esters is 1. The summed E-state index contributed by atoms with van der Waals surface area (Å²) in [6.45, 7) is 2.63. The van der Waals surface area contributed by atoms with E-state index in [-0.39, 0.29) is 11.7 Å². The first kappa shape index (κ1) is 26.9. The molecule has 0 aliphatic carbocycles. The third-order valence-corrected chi connectivity index (χ3v) is 5.54. The smallest absolute Gasteiger partial charge is 0.347 e. The molecule has 0 heterocycles. The first-order chi connectivity index (χ1) is 19.1. The van der Waals surface area contributed by atoms with Gasteiger partial charge in [0.25, 0.3) is 5.91 Å². The summed E-state index contributed by atoms with van der Waals surface area (Å²) in [5.74, 6) is 0.751. The van der Waals surface area contributed by atoms with Crippen LogP contribution in [0, 0.1) is 0 Å². The number of carbonyl (C=O) groups excluding carboxylic acids is 2. The van der Waals surface area contributed by atoms with E-state index < -0.39 is 5.97 Å². The Bertz CT molecular complexity index is 1440. The fraction of sp³-hybridized carbons (Fsp3) is 0.129. The van der Waals surface area contributed by atoms with Gasteiger partial charge in [-0.15, -0.1) is 0 Å². The molecular formula is C31H28N2O6. The van der Waals surface area contributed by atoms with E-state index in [9.17, 15) is 9.59 Å². The molecule has 0 atom stereocenters. The lowest BCUT2D eigenvalue weighted by molar-refractivity contribution is 0.0724. The Balaban J connectivity index is 1.36. The number of hydrogen-bond acceptors (Lipinski definition) is 7. The number of methoxy groups -OCH3 is 1. The number of carbonyl (C=O) groups is 2. The van der Waals surface area contributed by atoms with Gasteiger partial charge >= 0.3 is 5.97 Å². The summed E-state index contributed by atoms with van der Waals surface area (Å²) in [6, 6.07) is 28.4. The molecular weight excluding hydrogens is 496 g/mol. The number of para-hydroxylation sites is 1. The average molecular weight is 525 g/mol. The van der Waals surface area contributed by atoms with Crippen LogP contribution in [0.25, 0.3) is 0 Å². The number of ether oxygens (including phenoxy) is 4. The van der Waals surface area contributed by atoms with Gasteiger partial charge in [0.2, 0.25) is 0 Å². The molecule has 8 nitrogen and oxygen atoms in total. The van der Waals surface area contributed by atoms with Crippen LogP contribution < -0.4 is 24.4 Å². The minimum absolute atomic E-state index is 0.253. The normalized spacial score (nSPS) is 10.6. The van der Waals surface area contributed by atoms with Crippen molar-refractivity contribution in [2.24, 2.45) is 5.10 Å². The molecule has 0 unspecified atom stereocenters. The van der Waals surface area contributed by atoms with Crippen molar-refractivity contribution in [3.05, 3.63) is 119 Å². The van der Waals surface area contributed by atoms with E-state index in [2.05, 4.69) is 10.5 Å². The van der Waals surface area contributed by atoms with E-state index in [1.54, 1.807) is 66.7 Å². The number of nitrogens with zero attached hydrogens (tertiary/aromatic N) is 1. The van der Waals surface area contributed by atoms with Gasteiger partial charge in [-0.25, -0.2) is 10.2 Å². The fourth-order valence-corrected chi connectivity index (χ4v) is 3.60. The Morgan fingerprint density at radius 3 is 2.31 bits per heavy atom. The maximum absolute atomic E-state index is 12.7. The topological polar surface area (TPSA) is 95.5 Å². The highest BCUT2D eigenvalue weighted by molar-refractivity contribution is 5.95. The van der Waals surface area contributed by atoms with Gasteiger partial charge in [0.1, 0.15) is 23.7 Å². The van der Waals surface area contributed by atoms with Crippen molar-refractivity contribution in [2.75, 3.05) is 13.7 Å². The number of amides is 1. The van der Waals surface area contributed by atoms with E-state index in [0.717, 1.165) is 5.56 Å². The molecule has 0 bridgehead atoms. The summed E-state index contributed by atoms with van der Waals surface area (Å²) in [5.41, 5.74) is 4.94. The van der Waals surface area contributed by atoms with E-state index in [4.69, 9.17) is 18.9 Å². The Morgan fingerprint density at radius 2 is 1.56 bits per heavy atom. The molecule has 0 aliphatic heterocycles. The zero-order chi connectivity index (χ0) is 27.5. The summed E-state index contributed by atoms with van der Waals surface area (Å²) < 4.78 is 22.2. The number of hydrogen-bond donors (Lipinski definition) is 1. The highest BCUT2D eigenvalue weighted by Gasteiger charge is 2.17. The summed E-state index contributed by atoms with van der Waals surface area (Å²) in [4.78, 5) is 25.2. The Hall–Kier alpha value is -5.11. The van der Waals surface area contributed by atoms with Gasteiger partial charge in [-0.1, -0.05) is 42.5 Å². The monoisotopic (exact) mass is 524 g/mol. The molecule has 4 aromatic carbocycles. The fourth-order valence-electron chi connectivity index (χ4n) is 3.60. The summed E-state index contributed by atoms with van der Waals surface area (Å²) in [7, 11) is 1.49. The van der Waals surface area contributed by atoms with Crippen LogP contribution in [-0.4, -0.2) is 31.8 Å². The van der Waals surface area contributed by atoms with Crippen molar-refractivity contribution in [2.45, 2.75) is 13.5 Å². The van der Waals surface area contributed by atoms with Gasteiger partial charge in [-0.05, 0) is 72.6 Å². The van der Waals surface area contributed by atoms with Crippen molar-refractivity contribution in [1.29, 1.82) is 0 Å². The molecule has 8 heteroatoms. The molecule has 0 saturated carbocycles. The van der Waals surface area contributed by atoms with Crippen LogP contribution in [0.15, 0.2) is 102 Å². The first-order valence-corrected chi connectivity index (χ1v) is 12.3. The van der Waals surface area contributed by atoms with Crippen LogP contribution in [-0.2, 0) is 6.61 Å². The molecule has 0 radical (unpaired) electrons. The third-order valence-electron chi connectivity index (χ3n) is 5.54. The van der Waals surface area contributed by atoms with E-state index in [1.807, 2.05) is 37.3 Å². The molecule has 0 saturated heterocycles. The zero-order valence-electron chi connectivity index (χ0n) is 21.6. The van der Waals surface area contributed by atoms with Crippen LogP contribution in [0.2, 0.25) is 0 Å². The predicted molar refractivity (Wildman–Crippen MR) is 148 cm³/mol. The second kappa shape index (κ2) is 13.4. The molecule has 0 aliphatic rings. The van der Waals surface area contributed by atoms with Gasteiger partial charge in [0.05, 0.1) is 19.9 Å². The lowest BCUT2D eigenvalue weighted by Crippen LogP contribution is -2.17. The van der Waals surface area contributed by atoms with Crippen molar-refractivity contribution in [1.82, 2.24) is 5.43 Å². The maximum Gasteiger partial charge on any atom is 0.347 e. The highest BCUT2D eigenvalue weighted by Crippen LogP contribution is 2.30. The Kier molecular flexibility index (Phi) is 9.28. The van der Waals surface area contributed by atoms with Crippen molar-refractivity contribution >= 4 is 18.1 Å². The van der Waals surface area contributed by atoms with Gasteiger partial charge in [-0.2, -0.15) is 5.10 Å². The summed E-state index contributed by atoms with van der Waals surface area (Å²) in [5, 5.41) is 4.04. The SMILES string of the molecule is CCOc1cc(C=NNC(=O)c2ccc(OCc3ccccc3)cc2)ccc1OC(=O)c1ccccc1OC. The largest absolute Gasteiger partial charge is 0.496 e. The minimum Gasteiger partial charge on any atom is -0.496 e. The quantitative estimate of drug-likeness (QED) is 0.118. The molecule has 0 spiro atoms. The molecule has 39 heavy (non-hydrogen) atoms. The Labute approximate surface area is 226 Å². The van der Waals surface area contributed by atoms with E-state index in [1.165, 1.54) is 13.3 Å². The van der Waals surface area contributed by atoms with Crippen LogP contribution in [0.1, 0.15) is 38.8 Å². The third kappa shape index (κ3) is 7.45. The molecule has 4 rings (SSSR count). The van der Waals surface area contributed by atoms with E-state index in [0.29, 0.717) is 47.2 Å². The molecule has 1 N–H and O–H groups in total. The standard InChI is InChI=1S/C31H28N2O6/c1-3-37-29-19-23(13-18-28(29)39-31(35)26-11-7-8-12-27(26)36-2)20-32-33-30(34)24-14-16-25(17-15-24)38-21-22-9-5-4-6-10-22/h4-20H,3,21H2,1-2H3,(H,33,34). The lowest BCUT2D eigenvalue weighted by atomic mass is 10.2. The van der Waals surface area contributed by atoms with Gasteiger partial charge < -0.3 is 18.9 Å². The van der Waals surface area contributed by atoms with Gasteiger partial charge in [0.15, 0.2) is 11.5 Å².